The van der Waals surface area contributed by atoms with Gasteiger partial charge in [0, 0.05) is 24.3 Å². The lowest BCUT2D eigenvalue weighted by molar-refractivity contribution is -0.161. The number of amides is 1. The number of ether oxygens (including phenoxy) is 1. The number of carbonyl (C=O) groups is 2. The van der Waals surface area contributed by atoms with Gasteiger partial charge in [-0.1, -0.05) is 30.3 Å². The van der Waals surface area contributed by atoms with E-state index in [1.807, 2.05) is 55.1 Å². The normalized spacial score (nSPS) is 15.4. The Morgan fingerprint density at radius 3 is 2.44 bits per heavy atom. The van der Waals surface area contributed by atoms with E-state index in [0.717, 1.165) is 43.7 Å². The van der Waals surface area contributed by atoms with Crippen molar-refractivity contribution in [1.29, 1.82) is 0 Å². The molecule has 6 heteroatoms. The second kappa shape index (κ2) is 8.84. The van der Waals surface area contributed by atoms with Crippen LogP contribution in [-0.4, -0.2) is 39.6 Å². The molecule has 1 amide bonds. The van der Waals surface area contributed by atoms with E-state index in [4.69, 9.17) is 4.74 Å². The first-order valence-corrected chi connectivity index (χ1v) is 9.59. The molecular weight excluding hydrogens is 342 g/mol. The number of nitrogens with zero attached hydrogens (tertiary/aromatic N) is 3. The first kappa shape index (κ1) is 19.1. The molecule has 0 spiro atoms. The zero-order valence-corrected chi connectivity index (χ0v) is 16.1. The molecule has 27 heavy (non-hydrogen) atoms. The van der Waals surface area contributed by atoms with Crippen molar-refractivity contribution in [2.24, 2.45) is 0 Å². The largest absolute Gasteiger partial charge is 0.447 e. The molecule has 0 radical (unpaired) electrons. The Hall–Kier alpha value is -2.63. The fraction of sp³-hybridized carbons (Fsp3) is 0.476. The van der Waals surface area contributed by atoms with Gasteiger partial charge >= 0.3 is 5.97 Å². The van der Waals surface area contributed by atoms with E-state index in [0.29, 0.717) is 12.1 Å². The molecule has 0 bridgehead atoms. The van der Waals surface area contributed by atoms with Crippen LogP contribution >= 0.6 is 0 Å². The molecule has 1 atom stereocenters. The summed E-state index contributed by atoms with van der Waals surface area (Å²) in [6.07, 6.45) is 2.44. The van der Waals surface area contributed by atoms with Crippen molar-refractivity contribution in [2.45, 2.75) is 52.2 Å². The van der Waals surface area contributed by atoms with Crippen molar-refractivity contribution >= 4 is 11.9 Å². The zero-order chi connectivity index (χ0) is 19.2. The summed E-state index contributed by atoms with van der Waals surface area (Å²) in [4.78, 5) is 27.3. The SMILES string of the molecule is Cc1cc(C)n(CCC(=O)OC(C(=O)N2CCCCC2)c2ccccc2)n1. The average molecular weight is 369 g/mol. The Kier molecular flexibility index (Phi) is 6.27. The van der Waals surface area contributed by atoms with Crippen molar-refractivity contribution in [3.05, 3.63) is 53.3 Å². The van der Waals surface area contributed by atoms with E-state index < -0.39 is 6.10 Å². The van der Waals surface area contributed by atoms with Crippen molar-refractivity contribution in [3.8, 4) is 0 Å². The monoisotopic (exact) mass is 369 g/mol. The fourth-order valence-electron chi connectivity index (χ4n) is 3.46. The van der Waals surface area contributed by atoms with E-state index >= 15 is 0 Å². The van der Waals surface area contributed by atoms with Crippen LogP contribution in [0.1, 0.15) is 48.7 Å². The highest BCUT2D eigenvalue weighted by atomic mass is 16.5. The van der Waals surface area contributed by atoms with Gasteiger partial charge in [-0.3, -0.25) is 14.3 Å². The Morgan fingerprint density at radius 2 is 1.81 bits per heavy atom. The number of hydrogen-bond donors (Lipinski definition) is 0. The van der Waals surface area contributed by atoms with Gasteiger partial charge in [-0.15, -0.1) is 0 Å². The molecule has 0 N–H and O–H groups in total. The number of benzene rings is 1. The van der Waals surface area contributed by atoms with Crippen LogP contribution in [0.4, 0.5) is 0 Å². The van der Waals surface area contributed by atoms with Gasteiger partial charge in [0.15, 0.2) is 0 Å². The third-order valence-corrected chi connectivity index (χ3v) is 4.87. The number of likely N-dealkylation sites (tertiary alicyclic amines) is 1. The summed E-state index contributed by atoms with van der Waals surface area (Å²) in [5.74, 6) is -0.512. The molecule has 6 nitrogen and oxygen atoms in total. The highest BCUT2D eigenvalue weighted by molar-refractivity contribution is 5.85. The third-order valence-electron chi connectivity index (χ3n) is 4.87. The molecule has 2 aromatic rings. The highest BCUT2D eigenvalue weighted by Crippen LogP contribution is 2.23. The summed E-state index contributed by atoms with van der Waals surface area (Å²) >= 11 is 0. The molecule has 1 saturated heterocycles. The summed E-state index contributed by atoms with van der Waals surface area (Å²) in [5.41, 5.74) is 2.64. The molecule has 1 aromatic carbocycles. The maximum Gasteiger partial charge on any atom is 0.308 e. The fourth-order valence-corrected chi connectivity index (χ4v) is 3.46. The molecule has 1 aromatic heterocycles. The van der Waals surface area contributed by atoms with Crippen molar-refractivity contribution in [3.63, 3.8) is 0 Å². The number of aryl methyl sites for hydroxylation is 3. The molecule has 1 fully saturated rings. The Labute approximate surface area is 160 Å². The number of rotatable bonds is 6. The maximum atomic E-state index is 13.0. The summed E-state index contributed by atoms with van der Waals surface area (Å²) < 4.78 is 7.44. The van der Waals surface area contributed by atoms with Crippen LogP contribution in [0.15, 0.2) is 36.4 Å². The van der Waals surface area contributed by atoms with Crippen molar-refractivity contribution in [2.75, 3.05) is 13.1 Å². The minimum absolute atomic E-state index is 0.125. The molecule has 1 aliphatic rings. The molecule has 0 aliphatic carbocycles. The number of esters is 1. The van der Waals surface area contributed by atoms with E-state index in [1.54, 1.807) is 4.68 Å². The second-order valence-electron chi connectivity index (χ2n) is 7.07. The summed E-state index contributed by atoms with van der Waals surface area (Å²) in [5, 5.41) is 4.36. The molecular formula is C21H27N3O3. The molecule has 3 rings (SSSR count). The van der Waals surface area contributed by atoms with Gasteiger partial charge in [0.2, 0.25) is 6.10 Å². The van der Waals surface area contributed by atoms with E-state index in [2.05, 4.69) is 5.10 Å². The van der Waals surface area contributed by atoms with Crippen LogP contribution < -0.4 is 0 Å². The summed E-state index contributed by atoms with van der Waals surface area (Å²) in [7, 11) is 0. The van der Waals surface area contributed by atoms with E-state index in [9.17, 15) is 9.59 Å². The lowest BCUT2D eigenvalue weighted by Gasteiger charge is -2.30. The van der Waals surface area contributed by atoms with Gasteiger partial charge in [0.1, 0.15) is 0 Å². The number of hydrogen-bond acceptors (Lipinski definition) is 4. The molecule has 1 unspecified atom stereocenters. The summed E-state index contributed by atoms with van der Waals surface area (Å²) in [6.45, 7) is 5.78. The van der Waals surface area contributed by atoms with Gasteiger partial charge in [-0.2, -0.15) is 5.10 Å². The van der Waals surface area contributed by atoms with Crippen molar-refractivity contribution in [1.82, 2.24) is 14.7 Å². The zero-order valence-electron chi connectivity index (χ0n) is 16.1. The first-order chi connectivity index (χ1) is 13.0. The van der Waals surface area contributed by atoms with E-state index in [-0.39, 0.29) is 18.3 Å². The Bertz CT molecular complexity index is 779. The van der Waals surface area contributed by atoms with Crippen LogP contribution in [0.25, 0.3) is 0 Å². The second-order valence-corrected chi connectivity index (χ2v) is 7.07. The van der Waals surface area contributed by atoms with Crippen LogP contribution in [0.3, 0.4) is 0 Å². The minimum atomic E-state index is -0.878. The van der Waals surface area contributed by atoms with Crippen LogP contribution in [0.5, 0.6) is 0 Å². The molecule has 144 valence electrons. The van der Waals surface area contributed by atoms with Gasteiger partial charge in [0.25, 0.3) is 5.91 Å². The molecule has 0 saturated carbocycles. The predicted molar refractivity (Wildman–Crippen MR) is 102 cm³/mol. The molecule has 1 aliphatic heterocycles. The van der Waals surface area contributed by atoms with Gasteiger partial charge < -0.3 is 9.64 Å². The average Bonchev–Trinajstić information content (AvgIpc) is 3.02. The number of aromatic nitrogens is 2. The van der Waals surface area contributed by atoms with Gasteiger partial charge in [0.05, 0.1) is 18.7 Å². The smallest absolute Gasteiger partial charge is 0.308 e. The Morgan fingerprint density at radius 1 is 1.11 bits per heavy atom. The van der Waals surface area contributed by atoms with Crippen LogP contribution in [-0.2, 0) is 20.9 Å². The Balaban J connectivity index is 1.68. The standard InChI is InChI=1S/C21H27N3O3/c1-16-15-17(2)24(22-16)14-11-19(25)27-20(18-9-5-3-6-10-18)21(26)23-12-7-4-8-13-23/h3,5-6,9-10,15,20H,4,7-8,11-14H2,1-2H3. The quantitative estimate of drug-likeness (QED) is 0.734. The van der Waals surface area contributed by atoms with Crippen LogP contribution in [0.2, 0.25) is 0 Å². The van der Waals surface area contributed by atoms with Crippen molar-refractivity contribution < 1.29 is 14.3 Å². The summed E-state index contributed by atoms with van der Waals surface area (Å²) in [6, 6.07) is 11.2. The lowest BCUT2D eigenvalue weighted by atomic mass is 10.1. The van der Waals surface area contributed by atoms with Gasteiger partial charge in [-0.05, 0) is 39.2 Å². The topological polar surface area (TPSA) is 64.4 Å². The third kappa shape index (κ3) is 4.96. The van der Waals surface area contributed by atoms with E-state index in [1.165, 1.54) is 0 Å². The van der Waals surface area contributed by atoms with Gasteiger partial charge in [-0.25, -0.2) is 0 Å². The lowest BCUT2D eigenvalue weighted by Crippen LogP contribution is -2.40. The maximum absolute atomic E-state index is 13.0. The first-order valence-electron chi connectivity index (χ1n) is 9.59. The molecule has 2 heterocycles. The number of carbonyl (C=O) groups excluding carboxylic acids is 2. The van der Waals surface area contributed by atoms with Crippen LogP contribution in [0, 0.1) is 13.8 Å². The highest BCUT2D eigenvalue weighted by Gasteiger charge is 2.30. The minimum Gasteiger partial charge on any atom is -0.447 e. The predicted octanol–water partition coefficient (Wildman–Crippen LogP) is 3.19. The number of piperidine rings is 1.